The van der Waals surface area contributed by atoms with Gasteiger partial charge in [-0.3, -0.25) is 0 Å². The topological polar surface area (TPSA) is 6.48 Å². The first-order chi connectivity index (χ1) is 27.2. The molecule has 7 aromatic carbocycles. The Bertz CT molecular complexity index is 2550. The minimum Gasteiger partial charge on any atom is -0.310 e. The van der Waals surface area contributed by atoms with E-state index >= 15 is 0 Å². The lowest BCUT2D eigenvalue weighted by Gasteiger charge is -2.57. The number of para-hydroxylation sites is 2. The molecule has 0 aliphatic heterocycles. The minimum atomic E-state index is 0.380. The lowest BCUT2D eigenvalue weighted by atomic mass is 9.48. The third kappa shape index (κ3) is 5.76. The molecule has 0 N–H and O–H groups in total. The number of thiophene rings is 1. The van der Waals surface area contributed by atoms with Gasteiger partial charge >= 0.3 is 0 Å². The molecule has 0 atom stereocenters. The molecular formula is C52H44N2S. The summed E-state index contributed by atoms with van der Waals surface area (Å²) in [5.41, 5.74) is 11.5. The van der Waals surface area contributed by atoms with Crippen molar-refractivity contribution >= 4 is 65.6 Å². The van der Waals surface area contributed by atoms with Crippen molar-refractivity contribution in [3.8, 4) is 11.1 Å². The van der Waals surface area contributed by atoms with Crippen molar-refractivity contribution in [2.24, 2.45) is 17.8 Å². The molecule has 1 aromatic heterocycles. The van der Waals surface area contributed by atoms with E-state index in [-0.39, 0.29) is 0 Å². The summed E-state index contributed by atoms with van der Waals surface area (Å²) in [5, 5.41) is 2.57. The number of hydrogen-bond acceptors (Lipinski definition) is 3. The second-order valence-corrected chi connectivity index (χ2v) is 17.5. The van der Waals surface area contributed by atoms with E-state index in [2.05, 4.69) is 186 Å². The van der Waals surface area contributed by atoms with Crippen molar-refractivity contribution in [3.63, 3.8) is 0 Å². The number of anilines is 6. The highest BCUT2D eigenvalue weighted by atomic mass is 32.1. The van der Waals surface area contributed by atoms with E-state index in [9.17, 15) is 0 Å². The van der Waals surface area contributed by atoms with E-state index in [1.165, 1.54) is 92.6 Å². The zero-order valence-electron chi connectivity index (χ0n) is 31.0. The van der Waals surface area contributed by atoms with Crippen LogP contribution in [0, 0.1) is 17.8 Å². The summed E-state index contributed by atoms with van der Waals surface area (Å²) in [4.78, 5) is 4.87. The lowest BCUT2D eigenvalue weighted by Crippen LogP contribution is -2.48. The highest BCUT2D eigenvalue weighted by Crippen LogP contribution is 2.61. The molecule has 0 spiro atoms. The first-order valence-corrected chi connectivity index (χ1v) is 20.9. The quantitative estimate of drug-likeness (QED) is 0.154. The van der Waals surface area contributed by atoms with E-state index in [0.717, 1.165) is 29.1 Å². The van der Waals surface area contributed by atoms with E-state index in [1.807, 2.05) is 11.3 Å². The third-order valence-electron chi connectivity index (χ3n) is 13.0. The van der Waals surface area contributed by atoms with Crippen LogP contribution in [0.1, 0.15) is 44.1 Å². The molecule has 0 saturated heterocycles. The van der Waals surface area contributed by atoms with Crippen LogP contribution in [0.15, 0.2) is 176 Å². The molecule has 1 heterocycles. The Morgan fingerprint density at radius 1 is 0.418 bits per heavy atom. The van der Waals surface area contributed by atoms with Gasteiger partial charge in [-0.05, 0) is 151 Å². The van der Waals surface area contributed by atoms with Crippen LogP contribution in [0.2, 0.25) is 0 Å². The van der Waals surface area contributed by atoms with Crippen LogP contribution in [0.4, 0.5) is 34.1 Å². The predicted molar refractivity (Wildman–Crippen MR) is 234 cm³/mol. The Hall–Kier alpha value is -5.64. The average Bonchev–Trinajstić information content (AvgIpc) is 3.61. The number of nitrogens with zero attached hydrogens (tertiary/aromatic N) is 2. The maximum absolute atomic E-state index is 2.49. The van der Waals surface area contributed by atoms with Gasteiger partial charge in [0.1, 0.15) is 0 Å². The molecule has 12 rings (SSSR count). The molecule has 8 aromatic rings. The number of rotatable bonds is 8. The highest BCUT2D eigenvalue weighted by Gasteiger charge is 2.51. The molecular weight excluding hydrogens is 685 g/mol. The molecule has 0 unspecified atom stereocenters. The van der Waals surface area contributed by atoms with Gasteiger partial charge in [-0.2, -0.15) is 0 Å². The van der Waals surface area contributed by atoms with Crippen molar-refractivity contribution in [3.05, 3.63) is 181 Å². The van der Waals surface area contributed by atoms with Gasteiger partial charge in [0.25, 0.3) is 0 Å². The SMILES string of the molecule is c1ccc(-c2cccc(N(c3ccc(C45CC6CC(CC(C6)C4)C5)cc3)c3ccc4sc5c(N(c6ccccc6)c6ccccc6)cccc5c4c3)c2)cc1. The van der Waals surface area contributed by atoms with Crippen LogP contribution >= 0.6 is 11.3 Å². The fraction of sp³-hybridized carbons (Fsp3) is 0.192. The summed E-state index contributed by atoms with van der Waals surface area (Å²) in [6.45, 7) is 0. The Balaban J connectivity index is 1.04. The van der Waals surface area contributed by atoms with Gasteiger partial charge in [0.15, 0.2) is 0 Å². The molecule has 55 heavy (non-hydrogen) atoms. The highest BCUT2D eigenvalue weighted by molar-refractivity contribution is 7.26. The van der Waals surface area contributed by atoms with Crippen LogP contribution in [0.3, 0.4) is 0 Å². The monoisotopic (exact) mass is 728 g/mol. The summed E-state index contributed by atoms with van der Waals surface area (Å²) < 4.78 is 2.59. The van der Waals surface area contributed by atoms with Crippen LogP contribution in [0.25, 0.3) is 31.3 Å². The molecule has 268 valence electrons. The van der Waals surface area contributed by atoms with Gasteiger partial charge in [-0.25, -0.2) is 0 Å². The van der Waals surface area contributed by atoms with Crippen molar-refractivity contribution in [1.82, 2.24) is 0 Å². The fourth-order valence-corrected chi connectivity index (χ4v) is 12.2. The predicted octanol–water partition coefficient (Wildman–Crippen LogP) is 15.1. The van der Waals surface area contributed by atoms with Crippen molar-refractivity contribution < 1.29 is 0 Å². The number of hydrogen-bond donors (Lipinski definition) is 0. The maximum Gasteiger partial charge on any atom is 0.0640 e. The van der Waals surface area contributed by atoms with Gasteiger partial charge in [0, 0.05) is 43.9 Å². The Kier molecular flexibility index (Phi) is 7.91. The molecule has 4 aliphatic rings. The van der Waals surface area contributed by atoms with Gasteiger partial charge in [0.05, 0.1) is 10.4 Å². The molecule has 3 heteroatoms. The molecule has 0 amide bonds. The Morgan fingerprint density at radius 3 is 1.60 bits per heavy atom. The Morgan fingerprint density at radius 2 is 0.945 bits per heavy atom. The fourth-order valence-electron chi connectivity index (χ4n) is 11.0. The van der Waals surface area contributed by atoms with Crippen LogP contribution < -0.4 is 9.80 Å². The van der Waals surface area contributed by atoms with Crippen molar-refractivity contribution in [1.29, 1.82) is 0 Å². The summed E-state index contributed by atoms with van der Waals surface area (Å²) in [6, 6.07) is 65.0. The van der Waals surface area contributed by atoms with E-state index in [0.29, 0.717) is 5.41 Å². The first-order valence-electron chi connectivity index (χ1n) is 20.1. The normalized spacial score (nSPS) is 21.3. The third-order valence-corrected chi connectivity index (χ3v) is 14.2. The lowest BCUT2D eigenvalue weighted by molar-refractivity contribution is -0.00518. The van der Waals surface area contributed by atoms with E-state index < -0.39 is 0 Å². The molecule has 0 radical (unpaired) electrons. The van der Waals surface area contributed by atoms with Gasteiger partial charge < -0.3 is 9.80 Å². The molecule has 4 fully saturated rings. The summed E-state index contributed by atoms with van der Waals surface area (Å²) in [7, 11) is 0. The molecule has 2 nitrogen and oxygen atoms in total. The standard InChI is InChI=1S/C52H44N2S/c1-4-12-39(13-5-1)40-14-10-19-45(31-40)53(44-24-22-41(23-25-44)52-33-36-28-37(34-52)30-38(29-36)35-52)46-26-27-50-48(32-46)47-20-11-21-49(51(47)55-50)54(42-15-6-2-7-16-42)43-17-8-3-9-18-43/h1-27,31-32,36-38H,28-30,33-35H2. The second kappa shape index (κ2) is 13.3. The minimum absolute atomic E-state index is 0.380. The number of benzene rings is 7. The maximum atomic E-state index is 2.49. The first kappa shape index (κ1) is 32.8. The Labute approximate surface area is 328 Å². The second-order valence-electron chi connectivity index (χ2n) is 16.4. The smallest absolute Gasteiger partial charge is 0.0640 e. The van der Waals surface area contributed by atoms with Gasteiger partial charge in [0.2, 0.25) is 0 Å². The largest absolute Gasteiger partial charge is 0.310 e. The summed E-state index contributed by atoms with van der Waals surface area (Å²) in [5.74, 6) is 2.80. The average molecular weight is 729 g/mol. The zero-order valence-corrected chi connectivity index (χ0v) is 31.8. The van der Waals surface area contributed by atoms with Gasteiger partial charge in [-0.1, -0.05) is 103 Å². The van der Waals surface area contributed by atoms with Crippen molar-refractivity contribution in [2.75, 3.05) is 9.80 Å². The summed E-state index contributed by atoms with van der Waals surface area (Å²) >= 11 is 1.89. The van der Waals surface area contributed by atoms with E-state index in [4.69, 9.17) is 0 Å². The summed E-state index contributed by atoms with van der Waals surface area (Å²) in [6.07, 6.45) is 8.58. The zero-order chi connectivity index (χ0) is 36.3. The van der Waals surface area contributed by atoms with Crippen LogP contribution in [-0.4, -0.2) is 0 Å². The van der Waals surface area contributed by atoms with Crippen molar-refractivity contribution in [2.45, 2.75) is 43.9 Å². The molecule has 4 saturated carbocycles. The number of fused-ring (bicyclic) bond motifs is 3. The van der Waals surface area contributed by atoms with Gasteiger partial charge in [-0.15, -0.1) is 11.3 Å². The van der Waals surface area contributed by atoms with Crippen LogP contribution in [-0.2, 0) is 5.41 Å². The van der Waals surface area contributed by atoms with E-state index in [1.54, 1.807) is 5.56 Å². The molecule has 4 aliphatic carbocycles. The molecule has 4 bridgehead atoms. The van der Waals surface area contributed by atoms with Crippen LogP contribution in [0.5, 0.6) is 0 Å².